The molecule has 1 aliphatic rings. The zero-order valence-corrected chi connectivity index (χ0v) is 17.9. The minimum absolute atomic E-state index is 0.00469. The second-order valence-corrected chi connectivity index (χ2v) is 8.58. The minimum atomic E-state index is 0.00469. The van der Waals surface area contributed by atoms with E-state index in [1.807, 2.05) is 9.80 Å². The van der Waals surface area contributed by atoms with Crippen molar-refractivity contribution in [3.8, 4) is 0 Å². The second-order valence-electron chi connectivity index (χ2n) is 8.58. The van der Waals surface area contributed by atoms with Gasteiger partial charge in [-0.15, -0.1) is 0 Å². The highest BCUT2D eigenvalue weighted by molar-refractivity contribution is 5.94. The van der Waals surface area contributed by atoms with Crippen molar-refractivity contribution in [2.45, 2.75) is 72.6 Å². The fourth-order valence-electron chi connectivity index (χ4n) is 3.87. The van der Waals surface area contributed by atoms with Gasteiger partial charge < -0.3 is 9.80 Å². The van der Waals surface area contributed by atoms with E-state index in [1.54, 1.807) is 6.92 Å². The second kappa shape index (κ2) is 9.38. The van der Waals surface area contributed by atoms with Crippen LogP contribution >= 0.6 is 0 Å². The van der Waals surface area contributed by atoms with E-state index < -0.39 is 0 Å². The first-order chi connectivity index (χ1) is 12.7. The molecule has 0 bridgehead atoms. The van der Waals surface area contributed by atoms with Gasteiger partial charge in [0.1, 0.15) is 0 Å². The van der Waals surface area contributed by atoms with E-state index in [2.05, 4.69) is 52.8 Å². The fourth-order valence-corrected chi connectivity index (χ4v) is 3.87. The highest BCUT2D eigenvalue weighted by atomic mass is 16.2. The number of carbonyl (C=O) groups excluding carboxylic acids is 2. The molecule has 4 nitrogen and oxygen atoms in total. The molecule has 1 aromatic carbocycles. The van der Waals surface area contributed by atoms with Crippen LogP contribution < -0.4 is 4.90 Å². The maximum Gasteiger partial charge on any atom is 0.224 e. The van der Waals surface area contributed by atoms with E-state index in [0.29, 0.717) is 30.7 Å². The molecule has 0 unspecified atom stereocenters. The largest absolute Gasteiger partial charge is 0.343 e. The molecule has 27 heavy (non-hydrogen) atoms. The van der Waals surface area contributed by atoms with Crippen LogP contribution in [0.15, 0.2) is 18.2 Å². The summed E-state index contributed by atoms with van der Waals surface area (Å²) in [7, 11) is 0. The van der Waals surface area contributed by atoms with E-state index in [-0.39, 0.29) is 11.8 Å². The molecule has 0 saturated carbocycles. The average molecular weight is 373 g/mol. The number of piperidine rings is 1. The molecule has 150 valence electrons. The third-order valence-electron chi connectivity index (χ3n) is 5.68. The lowest BCUT2D eigenvalue weighted by Gasteiger charge is -2.32. The van der Waals surface area contributed by atoms with E-state index in [4.69, 9.17) is 0 Å². The molecule has 0 spiro atoms. The molecule has 4 heteroatoms. The molecule has 0 aliphatic carbocycles. The Morgan fingerprint density at radius 3 is 2.04 bits per heavy atom. The summed E-state index contributed by atoms with van der Waals surface area (Å²) in [6.45, 7) is 14.6. The predicted octanol–water partition coefficient (Wildman–Crippen LogP) is 4.93. The van der Waals surface area contributed by atoms with E-state index in [9.17, 15) is 9.59 Å². The van der Waals surface area contributed by atoms with Gasteiger partial charge in [0.2, 0.25) is 11.8 Å². The van der Waals surface area contributed by atoms with Crippen LogP contribution in [0.1, 0.15) is 83.8 Å². The summed E-state index contributed by atoms with van der Waals surface area (Å²) in [6, 6.07) is 6.29. The smallest absolute Gasteiger partial charge is 0.224 e. The highest BCUT2D eigenvalue weighted by Gasteiger charge is 2.25. The lowest BCUT2D eigenvalue weighted by molar-refractivity contribution is -0.132. The van der Waals surface area contributed by atoms with Crippen molar-refractivity contribution in [1.29, 1.82) is 0 Å². The molecular weight excluding hydrogens is 336 g/mol. The van der Waals surface area contributed by atoms with Gasteiger partial charge in [-0.1, -0.05) is 52.8 Å². The van der Waals surface area contributed by atoms with Crippen molar-refractivity contribution in [2.75, 3.05) is 24.5 Å². The van der Waals surface area contributed by atoms with Gasteiger partial charge in [0.25, 0.3) is 0 Å². The van der Waals surface area contributed by atoms with Gasteiger partial charge in [0.15, 0.2) is 0 Å². The van der Waals surface area contributed by atoms with Crippen molar-refractivity contribution in [3.05, 3.63) is 29.3 Å². The van der Waals surface area contributed by atoms with E-state index >= 15 is 0 Å². The Morgan fingerprint density at radius 1 is 1.07 bits per heavy atom. The molecule has 2 amide bonds. The number of para-hydroxylation sites is 1. The van der Waals surface area contributed by atoms with E-state index in [1.165, 1.54) is 11.1 Å². The summed E-state index contributed by atoms with van der Waals surface area (Å²) in [6.07, 6.45) is 2.55. The molecule has 1 saturated heterocycles. The van der Waals surface area contributed by atoms with Gasteiger partial charge in [-0.25, -0.2) is 0 Å². The average Bonchev–Trinajstić information content (AvgIpc) is 2.61. The first kappa shape index (κ1) is 21.5. The van der Waals surface area contributed by atoms with Crippen LogP contribution in [0.25, 0.3) is 0 Å². The molecule has 1 heterocycles. The van der Waals surface area contributed by atoms with Crippen molar-refractivity contribution < 1.29 is 9.59 Å². The number of carbonyl (C=O) groups is 2. The maximum atomic E-state index is 12.7. The number of hydrogen-bond acceptors (Lipinski definition) is 2. The summed E-state index contributed by atoms with van der Waals surface area (Å²) in [5.41, 5.74) is 3.36. The van der Waals surface area contributed by atoms with Gasteiger partial charge in [-0.05, 0) is 41.7 Å². The number of nitrogens with zero attached hydrogens (tertiary/aromatic N) is 2. The third kappa shape index (κ3) is 5.33. The summed E-state index contributed by atoms with van der Waals surface area (Å²) < 4.78 is 0. The Hall–Kier alpha value is -1.84. The molecule has 1 aromatic rings. The van der Waals surface area contributed by atoms with Crippen LogP contribution in [0.4, 0.5) is 5.69 Å². The van der Waals surface area contributed by atoms with Crippen molar-refractivity contribution in [1.82, 2.24) is 4.90 Å². The maximum absolute atomic E-state index is 12.7. The quantitative estimate of drug-likeness (QED) is 0.710. The molecule has 1 aliphatic heterocycles. The van der Waals surface area contributed by atoms with Crippen molar-refractivity contribution in [2.24, 2.45) is 5.92 Å². The topological polar surface area (TPSA) is 40.6 Å². The number of amides is 2. The van der Waals surface area contributed by atoms with Crippen LogP contribution in [0.2, 0.25) is 0 Å². The SMILES string of the molecule is CC(=O)N(CCC(=O)N1CCC(C)CC1)c1c(C(C)C)cccc1C(C)C. The number of likely N-dealkylation sites (tertiary alicyclic amines) is 1. The molecular formula is C23H36N2O2. The summed E-state index contributed by atoms with van der Waals surface area (Å²) in [5.74, 6) is 1.51. The van der Waals surface area contributed by atoms with Gasteiger partial charge in [0, 0.05) is 33.0 Å². The number of anilines is 1. The van der Waals surface area contributed by atoms with Crippen molar-refractivity contribution in [3.63, 3.8) is 0 Å². The normalized spacial score (nSPS) is 15.5. The van der Waals surface area contributed by atoms with Gasteiger partial charge in [-0.3, -0.25) is 9.59 Å². The zero-order chi connectivity index (χ0) is 20.1. The molecule has 0 N–H and O–H groups in total. The van der Waals surface area contributed by atoms with Crippen LogP contribution in [-0.4, -0.2) is 36.3 Å². The zero-order valence-electron chi connectivity index (χ0n) is 17.9. The summed E-state index contributed by atoms with van der Waals surface area (Å²) in [5, 5.41) is 0. The Labute approximate surface area is 164 Å². The Balaban J connectivity index is 2.23. The standard InChI is InChI=1S/C23H36N2O2/c1-16(2)20-8-7-9-21(17(3)4)23(20)25(19(6)26)15-12-22(27)24-13-10-18(5)11-14-24/h7-9,16-18H,10-15H2,1-6H3. The number of benzene rings is 1. The highest BCUT2D eigenvalue weighted by Crippen LogP contribution is 2.35. The number of rotatable bonds is 6. The first-order valence-corrected chi connectivity index (χ1v) is 10.4. The fraction of sp³-hybridized carbons (Fsp3) is 0.652. The van der Waals surface area contributed by atoms with Crippen LogP contribution in [-0.2, 0) is 9.59 Å². The Kier molecular flexibility index (Phi) is 7.46. The molecule has 0 atom stereocenters. The van der Waals surface area contributed by atoms with Gasteiger partial charge >= 0.3 is 0 Å². The van der Waals surface area contributed by atoms with Crippen LogP contribution in [0, 0.1) is 5.92 Å². The molecule has 2 rings (SSSR count). The summed E-state index contributed by atoms with van der Waals surface area (Å²) in [4.78, 5) is 29.0. The van der Waals surface area contributed by atoms with Crippen molar-refractivity contribution >= 4 is 17.5 Å². The third-order valence-corrected chi connectivity index (χ3v) is 5.68. The Bertz CT molecular complexity index is 632. The van der Waals surface area contributed by atoms with Crippen LogP contribution in [0.3, 0.4) is 0 Å². The first-order valence-electron chi connectivity index (χ1n) is 10.4. The monoisotopic (exact) mass is 372 g/mol. The lowest BCUT2D eigenvalue weighted by atomic mass is 9.91. The summed E-state index contributed by atoms with van der Waals surface area (Å²) >= 11 is 0. The van der Waals surface area contributed by atoms with Crippen LogP contribution in [0.5, 0.6) is 0 Å². The Morgan fingerprint density at radius 2 is 1.59 bits per heavy atom. The van der Waals surface area contributed by atoms with E-state index in [0.717, 1.165) is 31.6 Å². The lowest BCUT2D eigenvalue weighted by Crippen LogP contribution is -2.40. The molecule has 0 radical (unpaired) electrons. The predicted molar refractivity (Wildman–Crippen MR) is 112 cm³/mol. The number of hydrogen-bond donors (Lipinski definition) is 0. The molecule has 0 aromatic heterocycles. The molecule has 1 fully saturated rings. The van der Waals surface area contributed by atoms with Gasteiger partial charge in [-0.2, -0.15) is 0 Å². The minimum Gasteiger partial charge on any atom is -0.343 e. The van der Waals surface area contributed by atoms with Gasteiger partial charge in [0.05, 0.1) is 5.69 Å².